The Balaban J connectivity index is 1.44. The van der Waals surface area contributed by atoms with Crippen molar-refractivity contribution < 1.29 is 13.2 Å². The predicted molar refractivity (Wildman–Crippen MR) is 118 cm³/mol. The van der Waals surface area contributed by atoms with Crippen LogP contribution in [-0.4, -0.2) is 48.1 Å². The molecule has 2 heterocycles. The van der Waals surface area contributed by atoms with Crippen molar-refractivity contribution in [3.05, 3.63) is 66.0 Å². The monoisotopic (exact) mass is 425 g/mol. The van der Waals surface area contributed by atoms with Gasteiger partial charge in [-0.1, -0.05) is 42.5 Å². The largest absolute Gasteiger partial charge is 0.341 e. The van der Waals surface area contributed by atoms with Gasteiger partial charge in [-0.3, -0.25) is 4.79 Å². The number of amides is 1. The molecule has 0 spiro atoms. The van der Waals surface area contributed by atoms with Crippen LogP contribution in [-0.2, 0) is 33.4 Å². The van der Waals surface area contributed by atoms with Crippen LogP contribution in [0.2, 0.25) is 0 Å². The fourth-order valence-corrected chi connectivity index (χ4v) is 4.91. The number of aromatic nitrogens is 2. The topological polar surface area (TPSA) is 72.3 Å². The quantitative estimate of drug-likeness (QED) is 0.609. The van der Waals surface area contributed by atoms with Crippen molar-refractivity contribution in [3.8, 4) is 0 Å². The van der Waals surface area contributed by atoms with Gasteiger partial charge in [-0.2, -0.15) is 0 Å². The Bertz CT molecular complexity index is 1130. The molecule has 0 unspecified atom stereocenters. The van der Waals surface area contributed by atoms with E-state index in [1.165, 1.54) is 11.8 Å². The van der Waals surface area contributed by atoms with E-state index in [9.17, 15) is 13.2 Å². The summed E-state index contributed by atoms with van der Waals surface area (Å²) in [6, 6.07) is 18.0. The second-order valence-corrected chi connectivity index (χ2v) is 10.3. The van der Waals surface area contributed by atoms with E-state index in [1.807, 2.05) is 35.2 Å². The highest BCUT2D eigenvalue weighted by atomic mass is 32.2. The van der Waals surface area contributed by atoms with Crippen LogP contribution in [0.5, 0.6) is 0 Å². The van der Waals surface area contributed by atoms with Gasteiger partial charge in [0.05, 0.1) is 11.0 Å². The minimum Gasteiger partial charge on any atom is -0.341 e. The number of hydrogen-bond donors (Lipinski definition) is 0. The first-order chi connectivity index (χ1) is 14.4. The molecule has 2 aromatic carbocycles. The average Bonchev–Trinajstić information content (AvgIpc) is 3.04. The predicted octanol–water partition coefficient (Wildman–Crippen LogP) is 3.06. The maximum absolute atomic E-state index is 13.0. The molecular weight excluding hydrogens is 398 g/mol. The molecule has 0 radical (unpaired) electrons. The van der Waals surface area contributed by atoms with Crippen molar-refractivity contribution in [2.75, 3.05) is 19.3 Å². The summed E-state index contributed by atoms with van der Waals surface area (Å²) < 4.78 is 25.5. The SMILES string of the molecule is CS(=O)(=O)Cc1nc2ccccc2n1CC(=O)N1CCC(Cc2ccccc2)CC1. The van der Waals surface area contributed by atoms with E-state index in [4.69, 9.17) is 0 Å². The zero-order valence-electron chi connectivity index (χ0n) is 17.2. The van der Waals surface area contributed by atoms with E-state index >= 15 is 0 Å². The van der Waals surface area contributed by atoms with E-state index in [1.54, 1.807) is 4.57 Å². The summed E-state index contributed by atoms with van der Waals surface area (Å²) in [5.74, 6) is 0.858. The Labute approximate surface area is 177 Å². The van der Waals surface area contributed by atoms with E-state index < -0.39 is 9.84 Å². The van der Waals surface area contributed by atoms with Crippen LogP contribution >= 0.6 is 0 Å². The lowest BCUT2D eigenvalue weighted by Crippen LogP contribution is -2.40. The third kappa shape index (κ3) is 4.90. The number of piperidine rings is 1. The van der Waals surface area contributed by atoms with Gasteiger partial charge in [-0.05, 0) is 42.9 Å². The molecule has 6 nitrogen and oxygen atoms in total. The highest BCUT2D eigenvalue weighted by Crippen LogP contribution is 2.23. The number of likely N-dealkylation sites (tertiary alicyclic amines) is 1. The van der Waals surface area contributed by atoms with Crippen molar-refractivity contribution in [2.24, 2.45) is 5.92 Å². The lowest BCUT2D eigenvalue weighted by Gasteiger charge is -2.32. The van der Waals surface area contributed by atoms with Crippen LogP contribution in [0.3, 0.4) is 0 Å². The van der Waals surface area contributed by atoms with Crippen LogP contribution in [0, 0.1) is 5.92 Å². The lowest BCUT2D eigenvalue weighted by atomic mass is 9.90. The molecule has 0 atom stereocenters. The van der Waals surface area contributed by atoms with Crippen LogP contribution < -0.4 is 0 Å². The Kier molecular flexibility index (Phi) is 5.90. The Morgan fingerprint density at radius 1 is 1.03 bits per heavy atom. The van der Waals surface area contributed by atoms with Crippen molar-refractivity contribution >= 4 is 26.8 Å². The van der Waals surface area contributed by atoms with Gasteiger partial charge in [-0.25, -0.2) is 13.4 Å². The van der Waals surface area contributed by atoms with Crippen LogP contribution in [0.15, 0.2) is 54.6 Å². The molecule has 30 heavy (non-hydrogen) atoms. The third-order valence-corrected chi connectivity index (χ3v) is 6.54. The summed E-state index contributed by atoms with van der Waals surface area (Å²) in [6.07, 6.45) is 4.21. The first-order valence-corrected chi connectivity index (χ1v) is 12.4. The van der Waals surface area contributed by atoms with Crippen LogP contribution in [0.25, 0.3) is 11.0 Å². The first kappa shape index (κ1) is 20.6. The Morgan fingerprint density at radius 2 is 1.70 bits per heavy atom. The van der Waals surface area contributed by atoms with Crippen molar-refractivity contribution in [2.45, 2.75) is 31.6 Å². The smallest absolute Gasteiger partial charge is 0.242 e. The minimum atomic E-state index is -3.25. The molecule has 1 aromatic heterocycles. The van der Waals surface area contributed by atoms with E-state index in [-0.39, 0.29) is 18.2 Å². The summed E-state index contributed by atoms with van der Waals surface area (Å²) in [6.45, 7) is 1.60. The molecule has 0 saturated carbocycles. The summed E-state index contributed by atoms with van der Waals surface area (Å²) >= 11 is 0. The van der Waals surface area contributed by atoms with Gasteiger partial charge in [0.25, 0.3) is 0 Å². The highest BCUT2D eigenvalue weighted by Gasteiger charge is 2.25. The second-order valence-electron chi connectivity index (χ2n) is 8.19. The number of carbonyl (C=O) groups is 1. The number of nitrogens with zero attached hydrogens (tertiary/aromatic N) is 3. The molecule has 158 valence electrons. The fraction of sp³-hybridized carbons (Fsp3) is 0.391. The molecule has 0 N–H and O–H groups in total. The van der Waals surface area contributed by atoms with Crippen molar-refractivity contribution in [3.63, 3.8) is 0 Å². The Hall–Kier alpha value is -2.67. The van der Waals surface area contributed by atoms with Gasteiger partial charge in [0, 0.05) is 19.3 Å². The van der Waals surface area contributed by atoms with Crippen molar-refractivity contribution in [1.82, 2.24) is 14.5 Å². The van der Waals surface area contributed by atoms with E-state index in [0.29, 0.717) is 17.3 Å². The number of benzene rings is 2. The maximum atomic E-state index is 13.0. The maximum Gasteiger partial charge on any atom is 0.242 e. The second kappa shape index (κ2) is 8.60. The highest BCUT2D eigenvalue weighted by molar-refractivity contribution is 7.89. The van der Waals surface area contributed by atoms with Crippen LogP contribution in [0.4, 0.5) is 0 Å². The molecule has 3 aromatic rings. The molecule has 4 rings (SSSR count). The van der Waals surface area contributed by atoms with Gasteiger partial charge in [0.1, 0.15) is 18.1 Å². The minimum absolute atomic E-state index is 0.0195. The normalized spacial score (nSPS) is 15.6. The zero-order valence-corrected chi connectivity index (χ0v) is 18.0. The van der Waals surface area contributed by atoms with E-state index in [2.05, 4.69) is 29.2 Å². The van der Waals surface area contributed by atoms with E-state index in [0.717, 1.165) is 37.9 Å². The Morgan fingerprint density at radius 3 is 2.40 bits per heavy atom. The number of rotatable bonds is 6. The number of para-hydroxylation sites is 2. The molecule has 1 fully saturated rings. The number of imidazole rings is 1. The summed E-state index contributed by atoms with van der Waals surface area (Å²) in [4.78, 5) is 19.4. The van der Waals surface area contributed by atoms with Crippen LogP contribution in [0.1, 0.15) is 24.2 Å². The van der Waals surface area contributed by atoms with Gasteiger partial charge >= 0.3 is 0 Å². The molecule has 0 aliphatic carbocycles. The van der Waals surface area contributed by atoms with Gasteiger partial charge < -0.3 is 9.47 Å². The van der Waals surface area contributed by atoms with Gasteiger partial charge in [0.15, 0.2) is 9.84 Å². The van der Waals surface area contributed by atoms with Crippen molar-refractivity contribution in [1.29, 1.82) is 0 Å². The zero-order chi connectivity index (χ0) is 21.1. The number of sulfone groups is 1. The summed E-state index contributed by atoms with van der Waals surface area (Å²) in [7, 11) is -3.25. The average molecular weight is 426 g/mol. The molecule has 1 saturated heterocycles. The molecule has 1 aliphatic heterocycles. The van der Waals surface area contributed by atoms with Gasteiger partial charge in [0.2, 0.25) is 5.91 Å². The third-order valence-electron chi connectivity index (χ3n) is 5.75. The number of carbonyl (C=O) groups excluding carboxylic acids is 1. The lowest BCUT2D eigenvalue weighted by molar-refractivity contribution is -0.133. The first-order valence-electron chi connectivity index (χ1n) is 10.3. The molecular formula is C23H27N3O3S. The molecule has 1 amide bonds. The molecule has 1 aliphatic rings. The number of fused-ring (bicyclic) bond motifs is 1. The standard InChI is InChI=1S/C23H27N3O3S/c1-30(28,29)17-22-24-20-9-5-6-10-21(20)26(22)16-23(27)25-13-11-19(12-14-25)15-18-7-3-2-4-8-18/h2-10,19H,11-17H2,1H3. The summed E-state index contributed by atoms with van der Waals surface area (Å²) in [5.41, 5.74) is 2.85. The fourth-order valence-electron chi connectivity index (χ4n) is 4.22. The molecule has 7 heteroatoms. The molecule has 0 bridgehead atoms. The summed E-state index contributed by atoms with van der Waals surface area (Å²) in [5, 5.41) is 0. The number of hydrogen-bond acceptors (Lipinski definition) is 4. The van der Waals surface area contributed by atoms with Gasteiger partial charge in [-0.15, -0.1) is 0 Å².